The summed E-state index contributed by atoms with van der Waals surface area (Å²) in [4.78, 5) is 20.9. The molecule has 0 spiro atoms. The molecule has 0 aliphatic heterocycles. The number of aryl methyl sites for hydroxylation is 2. The lowest BCUT2D eigenvalue weighted by atomic mass is 10.0. The predicted molar refractivity (Wildman–Crippen MR) is 126 cm³/mol. The summed E-state index contributed by atoms with van der Waals surface area (Å²) in [7, 11) is 1.29. The first kappa shape index (κ1) is 23.0. The molecule has 2 N–H and O–H groups in total. The second-order valence-electron chi connectivity index (χ2n) is 7.36. The molecular weight excluding hydrogens is 416 g/mol. The van der Waals surface area contributed by atoms with Crippen LogP contribution in [0.4, 0.5) is 23.1 Å². The van der Waals surface area contributed by atoms with Crippen molar-refractivity contribution in [1.29, 1.82) is 10.5 Å². The smallest absolute Gasteiger partial charge is 0.356 e. The van der Waals surface area contributed by atoms with Gasteiger partial charge < -0.3 is 15.4 Å². The standard InChI is InChI=1S/C25H22N6O2/c1-15(13-26)9-19-10-16(2)23(17(3)11-19)30-22-12-21(24(32)33-4)29-25(31-22)28-20-7-5-18(14-27)6-8-20/h5-12H,1-4H3,(H2,28,29,30,31)/b15-9+. The highest BCUT2D eigenvalue weighted by Gasteiger charge is 2.14. The van der Waals surface area contributed by atoms with Gasteiger partial charge in [0, 0.05) is 23.0 Å². The van der Waals surface area contributed by atoms with E-state index in [0.717, 1.165) is 22.4 Å². The Morgan fingerprint density at radius 3 is 2.27 bits per heavy atom. The number of allylic oxidation sites excluding steroid dienone is 1. The second-order valence-corrected chi connectivity index (χ2v) is 7.36. The molecule has 0 radical (unpaired) electrons. The first-order valence-electron chi connectivity index (χ1n) is 10.0. The van der Waals surface area contributed by atoms with E-state index in [1.807, 2.05) is 32.1 Å². The average molecular weight is 438 g/mol. The van der Waals surface area contributed by atoms with E-state index in [2.05, 4.69) is 32.7 Å². The molecule has 0 amide bonds. The van der Waals surface area contributed by atoms with E-state index in [1.165, 1.54) is 13.2 Å². The molecule has 0 unspecified atom stereocenters. The number of aromatic nitrogens is 2. The maximum absolute atomic E-state index is 12.2. The molecule has 8 heteroatoms. The first-order chi connectivity index (χ1) is 15.8. The third-order valence-corrected chi connectivity index (χ3v) is 4.76. The van der Waals surface area contributed by atoms with Gasteiger partial charge in [-0.2, -0.15) is 15.5 Å². The fourth-order valence-corrected chi connectivity index (χ4v) is 3.22. The number of methoxy groups -OCH3 is 1. The third kappa shape index (κ3) is 5.72. The summed E-state index contributed by atoms with van der Waals surface area (Å²) in [6, 6.07) is 16.4. The Balaban J connectivity index is 1.97. The SMILES string of the molecule is COC(=O)c1cc(Nc2c(C)cc(/C=C(\C)C#N)cc2C)nc(Nc2ccc(C#N)cc2)n1. The number of nitrogens with zero attached hydrogens (tertiary/aromatic N) is 4. The lowest BCUT2D eigenvalue weighted by Crippen LogP contribution is -2.10. The molecular formula is C25H22N6O2. The van der Waals surface area contributed by atoms with Crippen molar-refractivity contribution < 1.29 is 9.53 Å². The van der Waals surface area contributed by atoms with Crippen LogP contribution in [0.15, 0.2) is 48.0 Å². The van der Waals surface area contributed by atoms with Crippen LogP contribution in [0.3, 0.4) is 0 Å². The number of hydrogen-bond donors (Lipinski definition) is 2. The number of benzene rings is 2. The molecule has 3 aromatic rings. The molecule has 0 atom stereocenters. The van der Waals surface area contributed by atoms with Gasteiger partial charge in [-0.1, -0.05) is 0 Å². The van der Waals surface area contributed by atoms with Crippen molar-refractivity contribution in [3.63, 3.8) is 0 Å². The van der Waals surface area contributed by atoms with Gasteiger partial charge >= 0.3 is 5.97 Å². The van der Waals surface area contributed by atoms with Crippen LogP contribution in [0.25, 0.3) is 6.08 Å². The molecule has 0 saturated carbocycles. The van der Waals surface area contributed by atoms with Gasteiger partial charge in [-0.3, -0.25) is 0 Å². The van der Waals surface area contributed by atoms with Crippen LogP contribution in [0.5, 0.6) is 0 Å². The molecule has 3 rings (SSSR count). The van der Waals surface area contributed by atoms with Gasteiger partial charge in [0.1, 0.15) is 5.82 Å². The van der Waals surface area contributed by atoms with Crippen molar-refractivity contribution in [3.8, 4) is 12.1 Å². The molecule has 33 heavy (non-hydrogen) atoms. The Morgan fingerprint density at radius 2 is 1.70 bits per heavy atom. The van der Waals surface area contributed by atoms with Gasteiger partial charge in [0.05, 0.1) is 24.8 Å². The summed E-state index contributed by atoms with van der Waals surface area (Å²) in [6.45, 7) is 5.66. The molecule has 1 heterocycles. The maximum atomic E-state index is 12.2. The molecule has 8 nitrogen and oxygen atoms in total. The van der Waals surface area contributed by atoms with E-state index < -0.39 is 5.97 Å². The topological polar surface area (TPSA) is 124 Å². The molecule has 0 fully saturated rings. The van der Waals surface area contributed by atoms with E-state index in [4.69, 9.17) is 15.3 Å². The van der Waals surface area contributed by atoms with Crippen LogP contribution in [0.1, 0.15) is 39.7 Å². The Bertz CT molecular complexity index is 1290. The monoisotopic (exact) mass is 438 g/mol. The molecule has 0 aliphatic rings. The highest BCUT2D eigenvalue weighted by atomic mass is 16.5. The zero-order chi connectivity index (χ0) is 24.0. The molecule has 2 aromatic carbocycles. The summed E-state index contributed by atoms with van der Waals surface area (Å²) >= 11 is 0. The Hall–Kier alpha value is -4.69. The van der Waals surface area contributed by atoms with E-state index in [9.17, 15) is 4.79 Å². The minimum absolute atomic E-state index is 0.0886. The summed E-state index contributed by atoms with van der Waals surface area (Å²) in [5, 5.41) is 24.3. The summed E-state index contributed by atoms with van der Waals surface area (Å²) in [5.41, 5.74) is 5.56. The van der Waals surface area contributed by atoms with Gasteiger partial charge in [0.15, 0.2) is 5.69 Å². The number of nitriles is 2. The van der Waals surface area contributed by atoms with Crippen LogP contribution in [0, 0.1) is 36.5 Å². The van der Waals surface area contributed by atoms with Crippen molar-refractivity contribution in [3.05, 3.63) is 76.0 Å². The lowest BCUT2D eigenvalue weighted by molar-refractivity contribution is 0.0594. The fraction of sp³-hybridized carbons (Fsp3) is 0.160. The maximum Gasteiger partial charge on any atom is 0.356 e. The highest BCUT2D eigenvalue weighted by molar-refractivity contribution is 5.89. The third-order valence-electron chi connectivity index (χ3n) is 4.76. The van der Waals surface area contributed by atoms with Crippen LogP contribution in [0.2, 0.25) is 0 Å². The lowest BCUT2D eigenvalue weighted by Gasteiger charge is -2.15. The van der Waals surface area contributed by atoms with Crippen LogP contribution in [-0.4, -0.2) is 23.0 Å². The number of anilines is 4. The average Bonchev–Trinajstić information content (AvgIpc) is 2.81. The van der Waals surface area contributed by atoms with Gasteiger partial charge in [-0.15, -0.1) is 0 Å². The number of nitrogens with one attached hydrogen (secondary N) is 2. The first-order valence-corrected chi connectivity index (χ1v) is 10.0. The Morgan fingerprint density at radius 1 is 1.03 bits per heavy atom. The van der Waals surface area contributed by atoms with Crippen LogP contribution >= 0.6 is 0 Å². The van der Waals surface area contributed by atoms with E-state index >= 15 is 0 Å². The van der Waals surface area contributed by atoms with Gasteiger partial charge in [0.25, 0.3) is 0 Å². The van der Waals surface area contributed by atoms with Crippen molar-refractivity contribution in [2.45, 2.75) is 20.8 Å². The molecule has 0 saturated heterocycles. The fourth-order valence-electron chi connectivity index (χ4n) is 3.22. The van der Waals surface area contributed by atoms with E-state index in [1.54, 1.807) is 31.2 Å². The van der Waals surface area contributed by atoms with Gasteiger partial charge in [-0.05, 0) is 79.9 Å². The number of carbonyl (C=O) groups excluding carboxylic acids is 1. The van der Waals surface area contributed by atoms with Gasteiger partial charge in [-0.25, -0.2) is 9.78 Å². The Kier molecular flexibility index (Phi) is 7.02. The number of rotatable bonds is 6. The molecule has 164 valence electrons. The summed E-state index contributed by atoms with van der Waals surface area (Å²) in [6.07, 6.45) is 1.82. The van der Waals surface area contributed by atoms with E-state index in [0.29, 0.717) is 22.6 Å². The molecule has 1 aromatic heterocycles. The zero-order valence-corrected chi connectivity index (χ0v) is 18.7. The van der Waals surface area contributed by atoms with Crippen LogP contribution < -0.4 is 10.6 Å². The van der Waals surface area contributed by atoms with Gasteiger partial charge in [0.2, 0.25) is 5.95 Å². The largest absolute Gasteiger partial charge is 0.464 e. The Labute approximate surface area is 192 Å². The van der Waals surface area contributed by atoms with Crippen molar-refractivity contribution in [2.24, 2.45) is 0 Å². The normalized spacial score (nSPS) is 10.7. The van der Waals surface area contributed by atoms with Crippen molar-refractivity contribution in [2.75, 3.05) is 17.7 Å². The number of ether oxygens (including phenoxy) is 1. The number of carbonyl (C=O) groups is 1. The molecule has 0 aliphatic carbocycles. The summed E-state index contributed by atoms with van der Waals surface area (Å²) in [5.74, 6) is 0.0121. The second kappa shape index (κ2) is 10.1. The highest BCUT2D eigenvalue weighted by Crippen LogP contribution is 2.27. The molecule has 0 bridgehead atoms. The van der Waals surface area contributed by atoms with Crippen molar-refractivity contribution >= 4 is 35.2 Å². The number of esters is 1. The van der Waals surface area contributed by atoms with E-state index in [-0.39, 0.29) is 11.6 Å². The van der Waals surface area contributed by atoms with Crippen LogP contribution in [-0.2, 0) is 4.74 Å². The quantitative estimate of drug-likeness (QED) is 0.399. The predicted octanol–water partition coefficient (Wildman–Crippen LogP) is 5.17. The minimum atomic E-state index is -0.593. The van der Waals surface area contributed by atoms with Crippen molar-refractivity contribution in [1.82, 2.24) is 9.97 Å². The summed E-state index contributed by atoms with van der Waals surface area (Å²) < 4.78 is 4.83. The zero-order valence-electron chi connectivity index (χ0n) is 18.7. The minimum Gasteiger partial charge on any atom is -0.464 e. The number of hydrogen-bond acceptors (Lipinski definition) is 8.